The number of hydrogen-bond acceptors (Lipinski definition) is 4. The fraction of sp³-hybridized carbons (Fsp3) is 0.422. The zero-order valence-corrected chi connectivity index (χ0v) is 32.6. The number of unbranched alkanes of at least 4 members (excludes halogenated alkanes) is 3. The second-order valence-electron chi connectivity index (χ2n) is 15.3. The van der Waals surface area contributed by atoms with E-state index in [9.17, 15) is 39.9 Å². The standard InChI is InChI=1S/C45H48F7NO3S/c46-34-20-18-31(19-21-34)30-53(26-10-28-57(55,56)27-9-24-44(48,49)45(50,51)52)25-6-2-1-3-14-36-37(15-8-17-40-38(36)22-23-41(54)43(40)47)39-16-7-12-33-29-32-11-4-5-13-35(32)42(33)39/h4-5,7,11-13,16,18-23,54H,1-3,6,8-10,14-15,17,24-30H2. The number of benzene rings is 4. The minimum absolute atomic E-state index is 0.162. The topological polar surface area (TPSA) is 57.6 Å². The molecule has 306 valence electrons. The van der Waals surface area contributed by atoms with Gasteiger partial charge in [-0.2, -0.15) is 22.0 Å². The van der Waals surface area contributed by atoms with E-state index < -0.39 is 46.3 Å². The van der Waals surface area contributed by atoms with Crippen LogP contribution in [0, 0.1) is 11.6 Å². The molecule has 0 amide bonds. The lowest BCUT2D eigenvalue weighted by Gasteiger charge is -2.23. The number of allylic oxidation sites excluding steroid dienone is 2. The Bertz CT molecular complexity index is 2160. The van der Waals surface area contributed by atoms with Crippen LogP contribution in [0.5, 0.6) is 5.75 Å². The summed E-state index contributed by atoms with van der Waals surface area (Å²) in [5.74, 6) is -7.34. The van der Waals surface area contributed by atoms with Crippen LogP contribution in [0.25, 0.3) is 22.3 Å². The number of nitrogens with zero attached hydrogens (tertiary/aromatic N) is 1. The number of fused-ring (bicyclic) bond motifs is 4. The van der Waals surface area contributed by atoms with Crippen molar-refractivity contribution in [2.24, 2.45) is 0 Å². The Balaban J connectivity index is 1.11. The van der Waals surface area contributed by atoms with E-state index in [0.29, 0.717) is 38.0 Å². The fourth-order valence-corrected chi connectivity index (χ4v) is 9.65. The summed E-state index contributed by atoms with van der Waals surface area (Å²) in [6.45, 7) is 1.37. The first-order chi connectivity index (χ1) is 27.1. The minimum atomic E-state index is -5.72. The second kappa shape index (κ2) is 18.2. The highest BCUT2D eigenvalue weighted by Crippen LogP contribution is 2.47. The van der Waals surface area contributed by atoms with Crippen molar-refractivity contribution in [3.05, 3.63) is 124 Å². The molecule has 0 saturated carbocycles. The molecule has 0 spiro atoms. The van der Waals surface area contributed by atoms with Gasteiger partial charge in [-0.05, 0) is 145 Å². The van der Waals surface area contributed by atoms with Crippen molar-refractivity contribution >= 4 is 21.0 Å². The van der Waals surface area contributed by atoms with Crippen molar-refractivity contribution in [2.45, 2.75) is 95.7 Å². The fourth-order valence-electron chi connectivity index (χ4n) is 8.29. The molecule has 0 atom stereocenters. The largest absolute Gasteiger partial charge is 0.505 e. The summed E-state index contributed by atoms with van der Waals surface area (Å²) >= 11 is 0. The maximum atomic E-state index is 15.4. The Labute approximate surface area is 330 Å². The molecule has 0 aromatic heterocycles. The lowest BCUT2D eigenvalue weighted by molar-refractivity contribution is -0.284. The molecular weight excluding hydrogens is 768 g/mol. The molecule has 1 N–H and O–H groups in total. The monoisotopic (exact) mass is 815 g/mol. The molecule has 4 aromatic rings. The highest BCUT2D eigenvalue weighted by Gasteiger charge is 2.56. The molecule has 0 heterocycles. The Morgan fingerprint density at radius 3 is 2.14 bits per heavy atom. The molecule has 6 rings (SSSR count). The summed E-state index contributed by atoms with van der Waals surface area (Å²) in [7, 11) is -3.86. The predicted molar refractivity (Wildman–Crippen MR) is 211 cm³/mol. The molecule has 2 aliphatic rings. The van der Waals surface area contributed by atoms with Crippen LogP contribution in [-0.2, 0) is 29.2 Å². The van der Waals surface area contributed by atoms with Crippen LogP contribution in [0.15, 0.2) is 78.9 Å². The summed E-state index contributed by atoms with van der Waals surface area (Å²) in [4.78, 5) is 2.05. The van der Waals surface area contributed by atoms with Crippen LogP contribution in [0.1, 0.15) is 97.6 Å². The van der Waals surface area contributed by atoms with Crippen LogP contribution in [0.3, 0.4) is 0 Å². The number of phenols is 1. The maximum absolute atomic E-state index is 15.4. The van der Waals surface area contributed by atoms with Gasteiger partial charge in [0.15, 0.2) is 11.6 Å². The Morgan fingerprint density at radius 2 is 1.37 bits per heavy atom. The van der Waals surface area contributed by atoms with Gasteiger partial charge in [-0.1, -0.05) is 73.5 Å². The molecule has 0 fully saturated rings. The zero-order valence-electron chi connectivity index (χ0n) is 31.8. The van der Waals surface area contributed by atoms with Crippen LogP contribution in [0.4, 0.5) is 30.7 Å². The average Bonchev–Trinajstić information content (AvgIpc) is 3.44. The molecule has 0 aliphatic heterocycles. The van der Waals surface area contributed by atoms with Crippen LogP contribution >= 0.6 is 0 Å². The third-order valence-corrected chi connectivity index (χ3v) is 13.0. The second-order valence-corrected chi connectivity index (χ2v) is 17.6. The summed E-state index contributed by atoms with van der Waals surface area (Å²) in [6.07, 6.45) is -1.01. The summed E-state index contributed by atoms with van der Waals surface area (Å²) in [5.41, 5.74) is 10.7. The molecule has 12 heteroatoms. The van der Waals surface area contributed by atoms with Crippen molar-refractivity contribution < 1.29 is 44.3 Å². The van der Waals surface area contributed by atoms with Crippen molar-refractivity contribution in [1.29, 1.82) is 0 Å². The minimum Gasteiger partial charge on any atom is -0.505 e. The number of sulfone groups is 1. The number of halogens is 7. The molecular formula is C45H48F7NO3S. The lowest BCUT2D eigenvalue weighted by atomic mass is 9.85. The first-order valence-corrected chi connectivity index (χ1v) is 21.5. The van der Waals surface area contributed by atoms with Crippen LogP contribution < -0.4 is 0 Å². The number of rotatable bonds is 18. The van der Waals surface area contributed by atoms with Crippen molar-refractivity contribution in [3.63, 3.8) is 0 Å². The molecule has 2 aliphatic carbocycles. The van der Waals surface area contributed by atoms with Gasteiger partial charge in [0, 0.05) is 13.0 Å². The summed E-state index contributed by atoms with van der Waals surface area (Å²) in [6, 6.07) is 24.2. The predicted octanol–water partition coefficient (Wildman–Crippen LogP) is 11.7. The SMILES string of the molecule is O=S(=O)(CCCN(CCCCCCC1=C(c2cccc3c2-c2ccccc2C3)CCCc2c1ccc(O)c2F)Cc1ccc(F)cc1)CCCC(F)(F)C(F)(F)F. The third-order valence-electron chi connectivity index (χ3n) is 11.2. The van der Waals surface area contributed by atoms with Gasteiger partial charge in [0.2, 0.25) is 0 Å². The smallest absolute Gasteiger partial charge is 0.453 e. The van der Waals surface area contributed by atoms with Gasteiger partial charge in [0.1, 0.15) is 15.7 Å². The lowest BCUT2D eigenvalue weighted by Crippen LogP contribution is -2.36. The quantitative estimate of drug-likeness (QED) is 0.0707. The number of hydrogen-bond donors (Lipinski definition) is 1. The number of aromatic hydroxyl groups is 1. The zero-order chi connectivity index (χ0) is 40.8. The van der Waals surface area contributed by atoms with E-state index >= 15 is 4.39 Å². The first kappa shape index (κ1) is 42.4. The van der Waals surface area contributed by atoms with E-state index in [4.69, 9.17) is 0 Å². The van der Waals surface area contributed by atoms with Gasteiger partial charge < -0.3 is 5.11 Å². The van der Waals surface area contributed by atoms with Gasteiger partial charge in [-0.3, -0.25) is 4.90 Å². The molecule has 57 heavy (non-hydrogen) atoms. The maximum Gasteiger partial charge on any atom is 0.453 e. The Morgan fingerprint density at radius 1 is 0.684 bits per heavy atom. The normalized spacial score (nSPS) is 14.5. The van der Waals surface area contributed by atoms with Crippen molar-refractivity contribution in [3.8, 4) is 16.9 Å². The molecule has 0 radical (unpaired) electrons. The van der Waals surface area contributed by atoms with Crippen molar-refractivity contribution in [1.82, 2.24) is 4.90 Å². The van der Waals surface area contributed by atoms with E-state index in [1.807, 2.05) is 11.0 Å². The Kier molecular flexibility index (Phi) is 13.5. The van der Waals surface area contributed by atoms with Crippen LogP contribution in [0.2, 0.25) is 0 Å². The molecule has 0 unspecified atom stereocenters. The molecule has 0 saturated heterocycles. The van der Waals surface area contributed by atoms with Crippen molar-refractivity contribution in [2.75, 3.05) is 24.6 Å². The van der Waals surface area contributed by atoms with E-state index in [-0.39, 0.29) is 23.7 Å². The summed E-state index contributed by atoms with van der Waals surface area (Å²) in [5, 5.41) is 10.3. The number of phenolic OH excluding ortho intramolecular Hbond substituents is 1. The summed E-state index contributed by atoms with van der Waals surface area (Å²) < 4.78 is 118. The highest BCUT2D eigenvalue weighted by molar-refractivity contribution is 7.91. The van der Waals surface area contributed by atoms with E-state index in [1.54, 1.807) is 12.1 Å². The average molecular weight is 816 g/mol. The molecule has 0 bridgehead atoms. The third kappa shape index (κ3) is 10.5. The van der Waals surface area contributed by atoms with Crippen LogP contribution in [-0.4, -0.2) is 55.1 Å². The van der Waals surface area contributed by atoms with Gasteiger partial charge in [-0.25, -0.2) is 17.2 Å². The molecule has 4 aromatic carbocycles. The first-order valence-electron chi connectivity index (χ1n) is 19.7. The van der Waals surface area contributed by atoms with Gasteiger partial charge >= 0.3 is 12.1 Å². The van der Waals surface area contributed by atoms with E-state index in [2.05, 4.69) is 42.5 Å². The Hall–Kier alpha value is -4.16. The van der Waals surface area contributed by atoms with Gasteiger partial charge in [0.25, 0.3) is 0 Å². The van der Waals surface area contributed by atoms with Gasteiger partial charge in [-0.15, -0.1) is 0 Å². The molecule has 4 nitrogen and oxygen atoms in total. The number of alkyl halides is 5. The van der Waals surface area contributed by atoms with Gasteiger partial charge in [0.05, 0.1) is 11.5 Å². The highest BCUT2D eigenvalue weighted by atomic mass is 32.2. The van der Waals surface area contributed by atoms with E-state index in [0.717, 1.165) is 61.6 Å². The van der Waals surface area contributed by atoms with E-state index in [1.165, 1.54) is 51.6 Å².